The van der Waals surface area contributed by atoms with Crippen LogP contribution in [0, 0.1) is 17.2 Å². The van der Waals surface area contributed by atoms with Crippen LogP contribution in [0.2, 0.25) is 0 Å². The smallest absolute Gasteiger partial charge is 0.247 e. The van der Waals surface area contributed by atoms with Crippen LogP contribution in [0.4, 0.5) is 0 Å². The fourth-order valence-electron chi connectivity index (χ4n) is 0.822. The van der Waals surface area contributed by atoms with Gasteiger partial charge in [0.2, 0.25) is 17.7 Å². The molecule has 2 amide bonds. The maximum atomic E-state index is 11.4. The zero-order chi connectivity index (χ0) is 11.4. The van der Waals surface area contributed by atoms with Crippen molar-refractivity contribution in [3.05, 3.63) is 0 Å². The van der Waals surface area contributed by atoms with Crippen LogP contribution in [0.5, 0.6) is 0 Å². The number of carbonyl (C=O) groups excluding carboxylic acids is 2. The monoisotopic (exact) mass is 197 g/mol. The zero-order valence-corrected chi connectivity index (χ0v) is 8.84. The largest absolute Gasteiger partial charge is 0.358 e. The molecule has 0 aromatic heterocycles. The maximum Gasteiger partial charge on any atom is 0.247 e. The fraction of sp³-hybridized carbons (Fsp3) is 0.667. The summed E-state index contributed by atoms with van der Waals surface area (Å²) in [5.41, 5.74) is -0.444. The molecule has 0 unspecified atom stereocenters. The molecule has 78 valence electrons. The van der Waals surface area contributed by atoms with Crippen molar-refractivity contribution in [3.63, 3.8) is 0 Å². The third kappa shape index (κ3) is 3.90. The summed E-state index contributed by atoms with van der Waals surface area (Å²) in [5, 5.41) is 13.4. The van der Waals surface area contributed by atoms with Gasteiger partial charge in [-0.1, -0.05) is 0 Å². The molecule has 14 heavy (non-hydrogen) atoms. The molecule has 0 rings (SSSR count). The Morgan fingerprint density at radius 2 is 1.79 bits per heavy atom. The van der Waals surface area contributed by atoms with Gasteiger partial charge in [0.15, 0.2) is 0 Å². The molecule has 0 heterocycles. The highest BCUT2D eigenvalue weighted by molar-refractivity contribution is 6.02. The normalized spacial score (nSPS) is 12.5. The van der Waals surface area contributed by atoms with Gasteiger partial charge in [0.1, 0.15) is 0 Å². The van der Waals surface area contributed by atoms with Crippen LogP contribution in [0.25, 0.3) is 0 Å². The summed E-state index contributed by atoms with van der Waals surface area (Å²) in [6.45, 7) is 5.34. The van der Waals surface area contributed by atoms with Crippen LogP contribution < -0.4 is 10.6 Å². The Balaban J connectivity index is 4.51. The molecule has 0 saturated heterocycles. The molecule has 0 aromatic rings. The van der Waals surface area contributed by atoms with Gasteiger partial charge in [-0.3, -0.25) is 9.59 Å². The lowest BCUT2D eigenvalue weighted by atomic mass is 10.1. The van der Waals surface area contributed by atoms with Gasteiger partial charge in [0.25, 0.3) is 0 Å². The Kier molecular flexibility index (Phi) is 4.09. The average Bonchev–Trinajstić information content (AvgIpc) is 2.01. The van der Waals surface area contributed by atoms with E-state index in [0.717, 1.165) is 0 Å². The standard InChI is InChI=1S/C9H15N3O2/c1-9(2,3)12-8(14)6(5-10)7(13)11-4/h6H,1-4H3,(H,11,13)(H,12,14)/t6-/m0/s1. The van der Waals surface area contributed by atoms with E-state index in [1.807, 2.05) is 0 Å². The minimum Gasteiger partial charge on any atom is -0.358 e. The first-order valence-corrected chi connectivity index (χ1v) is 4.25. The van der Waals surface area contributed by atoms with Crippen LogP contribution in [-0.4, -0.2) is 24.4 Å². The number of amides is 2. The van der Waals surface area contributed by atoms with E-state index in [2.05, 4.69) is 10.6 Å². The predicted molar refractivity (Wildman–Crippen MR) is 51.1 cm³/mol. The van der Waals surface area contributed by atoms with Crippen molar-refractivity contribution in [3.8, 4) is 6.07 Å². The summed E-state index contributed by atoms with van der Waals surface area (Å²) in [7, 11) is 1.39. The van der Waals surface area contributed by atoms with Gasteiger partial charge < -0.3 is 10.6 Å². The van der Waals surface area contributed by atoms with Crippen molar-refractivity contribution in [2.45, 2.75) is 26.3 Å². The molecule has 0 spiro atoms. The van der Waals surface area contributed by atoms with Crippen molar-refractivity contribution in [2.75, 3.05) is 7.05 Å². The number of hydrogen-bond donors (Lipinski definition) is 2. The second-order valence-electron chi connectivity index (χ2n) is 3.92. The van der Waals surface area contributed by atoms with Gasteiger partial charge in [-0.15, -0.1) is 0 Å². The molecule has 0 aliphatic rings. The molecule has 0 radical (unpaired) electrons. The summed E-state index contributed by atoms with van der Waals surface area (Å²) in [4.78, 5) is 22.5. The second-order valence-corrected chi connectivity index (χ2v) is 3.92. The molecule has 0 aliphatic carbocycles. The van der Waals surface area contributed by atoms with Gasteiger partial charge >= 0.3 is 0 Å². The van der Waals surface area contributed by atoms with E-state index in [1.54, 1.807) is 26.8 Å². The molecule has 2 N–H and O–H groups in total. The summed E-state index contributed by atoms with van der Waals surface area (Å²) in [6, 6.07) is 1.65. The molecule has 0 aliphatic heterocycles. The Bertz CT molecular complexity index is 273. The number of nitrogens with zero attached hydrogens (tertiary/aromatic N) is 1. The maximum absolute atomic E-state index is 11.4. The third-order valence-electron chi connectivity index (χ3n) is 1.40. The number of carbonyl (C=O) groups is 2. The number of hydrogen-bond acceptors (Lipinski definition) is 3. The number of rotatable bonds is 2. The molecule has 1 atom stereocenters. The zero-order valence-electron chi connectivity index (χ0n) is 8.84. The quantitative estimate of drug-likeness (QED) is 0.601. The Morgan fingerprint density at radius 3 is 2.07 bits per heavy atom. The van der Waals surface area contributed by atoms with Crippen molar-refractivity contribution >= 4 is 11.8 Å². The van der Waals surface area contributed by atoms with Crippen molar-refractivity contribution < 1.29 is 9.59 Å². The van der Waals surface area contributed by atoms with Gasteiger partial charge in [-0.25, -0.2) is 0 Å². The lowest BCUT2D eigenvalue weighted by Crippen LogP contribution is -2.47. The van der Waals surface area contributed by atoms with E-state index >= 15 is 0 Å². The lowest BCUT2D eigenvalue weighted by molar-refractivity contribution is -0.133. The highest BCUT2D eigenvalue weighted by Crippen LogP contribution is 2.02. The molecular formula is C9H15N3O2. The summed E-state index contributed by atoms with van der Waals surface area (Å²) in [6.07, 6.45) is 0. The van der Waals surface area contributed by atoms with E-state index in [9.17, 15) is 9.59 Å². The minimum absolute atomic E-state index is 0.444. The van der Waals surface area contributed by atoms with Crippen LogP contribution >= 0.6 is 0 Å². The summed E-state index contributed by atoms with van der Waals surface area (Å²) >= 11 is 0. The third-order valence-corrected chi connectivity index (χ3v) is 1.40. The van der Waals surface area contributed by atoms with Crippen LogP contribution in [-0.2, 0) is 9.59 Å². The molecule has 0 aromatic carbocycles. The SMILES string of the molecule is CNC(=O)[C@H](C#N)C(=O)NC(C)(C)C. The molecule has 5 nitrogen and oxygen atoms in total. The van der Waals surface area contributed by atoms with Gasteiger partial charge in [-0.05, 0) is 20.8 Å². The number of nitriles is 1. The van der Waals surface area contributed by atoms with Gasteiger partial charge in [0.05, 0.1) is 6.07 Å². The molecule has 0 fully saturated rings. The van der Waals surface area contributed by atoms with E-state index in [0.29, 0.717) is 0 Å². The Labute approximate surface area is 83.5 Å². The molecule has 5 heteroatoms. The highest BCUT2D eigenvalue weighted by Gasteiger charge is 2.28. The van der Waals surface area contributed by atoms with Crippen LogP contribution in [0.15, 0.2) is 0 Å². The molecule has 0 bridgehead atoms. The first-order chi connectivity index (χ1) is 6.31. The van der Waals surface area contributed by atoms with Crippen molar-refractivity contribution in [1.82, 2.24) is 10.6 Å². The van der Waals surface area contributed by atoms with Crippen LogP contribution in [0.3, 0.4) is 0 Å². The highest BCUT2D eigenvalue weighted by atomic mass is 16.2. The Morgan fingerprint density at radius 1 is 1.29 bits per heavy atom. The average molecular weight is 197 g/mol. The van der Waals surface area contributed by atoms with Crippen molar-refractivity contribution in [2.24, 2.45) is 5.92 Å². The molecule has 0 saturated carbocycles. The first kappa shape index (κ1) is 12.4. The first-order valence-electron chi connectivity index (χ1n) is 4.25. The topological polar surface area (TPSA) is 82.0 Å². The van der Waals surface area contributed by atoms with E-state index in [4.69, 9.17) is 5.26 Å². The van der Waals surface area contributed by atoms with E-state index < -0.39 is 23.3 Å². The van der Waals surface area contributed by atoms with Gasteiger partial charge in [-0.2, -0.15) is 5.26 Å². The Hall–Kier alpha value is -1.57. The second kappa shape index (κ2) is 4.61. The van der Waals surface area contributed by atoms with Gasteiger partial charge in [0, 0.05) is 12.6 Å². The summed E-state index contributed by atoms with van der Waals surface area (Å²) < 4.78 is 0. The van der Waals surface area contributed by atoms with Crippen molar-refractivity contribution in [1.29, 1.82) is 5.26 Å². The fourth-order valence-corrected chi connectivity index (χ4v) is 0.822. The number of nitrogens with one attached hydrogen (secondary N) is 2. The summed E-state index contributed by atoms with van der Waals surface area (Å²) in [5.74, 6) is -2.44. The molecular weight excluding hydrogens is 182 g/mol. The van der Waals surface area contributed by atoms with E-state index in [-0.39, 0.29) is 0 Å². The minimum atomic E-state index is -1.28. The van der Waals surface area contributed by atoms with E-state index in [1.165, 1.54) is 7.05 Å². The van der Waals surface area contributed by atoms with Crippen LogP contribution in [0.1, 0.15) is 20.8 Å². The predicted octanol–water partition coefficient (Wildman–Crippen LogP) is -0.213. The lowest BCUT2D eigenvalue weighted by Gasteiger charge is -2.21.